The summed E-state index contributed by atoms with van der Waals surface area (Å²) in [4.78, 5) is 19.9. The molecule has 26 heavy (non-hydrogen) atoms. The Morgan fingerprint density at radius 2 is 1.65 bits per heavy atom. The fourth-order valence-corrected chi connectivity index (χ4v) is 3.96. The van der Waals surface area contributed by atoms with Crippen molar-refractivity contribution in [3.63, 3.8) is 0 Å². The molecule has 0 N–H and O–H groups in total. The van der Waals surface area contributed by atoms with Gasteiger partial charge in [0.1, 0.15) is 0 Å². The lowest BCUT2D eigenvalue weighted by Crippen LogP contribution is -2.28. The van der Waals surface area contributed by atoms with E-state index < -0.39 is 0 Å². The van der Waals surface area contributed by atoms with Crippen LogP contribution in [-0.2, 0) is 0 Å². The molecule has 3 nitrogen and oxygen atoms in total. The van der Waals surface area contributed by atoms with Crippen LogP contribution in [0.15, 0.2) is 77.8 Å². The summed E-state index contributed by atoms with van der Waals surface area (Å²) in [6.45, 7) is 0. The third-order valence-corrected chi connectivity index (χ3v) is 5.29. The smallest absolute Gasteiger partial charge is 0.259 e. The number of carbonyl (C=O) groups excluding carboxylic acids is 1. The molecule has 0 radical (unpaired) electrons. The van der Waals surface area contributed by atoms with Gasteiger partial charge in [-0.05, 0) is 41.5 Å². The number of carbonyl (C=O) groups is 1. The summed E-state index contributed by atoms with van der Waals surface area (Å²) in [5, 5.41) is 0.700. The standard InChI is InChI=1S/C22H15ClN2O/c23-15-11-9-14(10-12-15)19-13-21-16-5-1-2-6-17(16)22(26)25(21)20-8-4-3-7-18(20)24-19/h1-12,21H,13H2/t21-/m0/s1. The van der Waals surface area contributed by atoms with E-state index in [1.54, 1.807) is 0 Å². The Balaban J connectivity index is 1.71. The molecule has 2 aliphatic heterocycles. The first-order valence-electron chi connectivity index (χ1n) is 8.57. The Hall–Kier alpha value is -2.91. The van der Waals surface area contributed by atoms with Gasteiger partial charge in [0.05, 0.1) is 23.1 Å². The largest absolute Gasteiger partial charge is 0.298 e. The van der Waals surface area contributed by atoms with Crippen LogP contribution in [0, 0.1) is 0 Å². The van der Waals surface area contributed by atoms with Crippen molar-refractivity contribution < 1.29 is 4.79 Å². The van der Waals surface area contributed by atoms with Crippen LogP contribution in [0.25, 0.3) is 0 Å². The van der Waals surface area contributed by atoms with Crippen LogP contribution >= 0.6 is 11.6 Å². The third kappa shape index (κ3) is 2.28. The second kappa shape index (κ2) is 5.82. The number of amides is 1. The molecule has 3 aromatic carbocycles. The van der Waals surface area contributed by atoms with Crippen LogP contribution in [-0.4, -0.2) is 11.6 Å². The highest BCUT2D eigenvalue weighted by atomic mass is 35.5. The van der Waals surface area contributed by atoms with Crippen molar-refractivity contribution in [3.05, 3.63) is 94.5 Å². The average molecular weight is 359 g/mol. The quantitative estimate of drug-likeness (QED) is 0.560. The second-order valence-electron chi connectivity index (χ2n) is 6.54. The highest BCUT2D eigenvalue weighted by Gasteiger charge is 2.40. The number of nitrogens with zero attached hydrogens (tertiary/aromatic N) is 2. The molecule has 4 heteroatoms. The molecular formula is C22H15ClN2O. The van der Waals surface area contributed by atoms with E-state index in [4.69, 9.17) is 16.6 Å². The van der Waals surface area contributed by atoms with Gasteiger partial charge in [-0.1, -0.05) is 54.1 Å². The molecule has 126 valence electrons. The van der Waals surface area contributed by atoms with Gasteiger partial charge in [-0.25, -0.2) is 0 Å². The molecule has 0 saturated heterocycles. The lowest BCUT2D eigenvalue weighted by atomic mass is 9.97. The van der Waals surface area contributed by atoms with Gasteiger partial charge < -0.3 is 0 Å². The van der Waals surface area contributed by atoms with Gasteiger partial charge in [-0.3, -0.25) is 14.7 Å². The highest BCUT2D eigenvalue weighted by molar-refractivity contribution is 6.30. The van der Waals surface area contributed by atoms with Gasteiger partial charge >= 0.3 is 0 Å². The molecule has 1 atom stereocenters. The van der Waals surface area contributed by atoms with Crippen LogP contribution in [0.3, 0.4) is 0 Å². The molecule has 0 aromatic heterocycles. The first-order valence-corrected chi connectivity index (χ1v) is 8.95. The normalized spacial score (nSPS) is 17.9. The Labute approximate surface area is 156 Å². The molecule has 0 unspecified atom stereocenters. The molecule has 3 aromatic rings. The minimum atomic E-state index is -0.0446. The molecule has 0 bridgehead atoms. The summed E-state index contributed by atoms with van der Waals surface area (Å²) in [7, 11) is 0. The Bertz CT molecular complexity index is 1060. The molecule has 0 saturated carbocycles. The number of aliphatic imine (C=N–C) groups is 1. The predicted octanol–water partition coefficient (Wildman–Crippen LogP) is 5.57. The molecule has 0 fully saturated rings. The zero-order valence-electron chi connectivity index (χ0n) is 13.9. The van der Waals surface area contributed by atoms with Gasteiger partial charge in [-0.15, -0.1) is 0 Å². The molecule has 0 aliphatic carbocycles. The van der Waals surface area contributed by atoms with Crippen LogP contribution in [0.2, 0.25) is 5.02 Å². The number of halogens is 1. The maximum atomic E-state index is 13.1. The van der Waals surface area contributed by atoms with E-state index in [0.717, 1.165) is 33.8 Å². The van der Waals surface area contributed by atoms with Crippen molar-refractivity contribution in [1.82, 2.24) is 0 Å². The Morgan fingerprint density at radius 1 is 0.923 bits per heavy atom. The van der Waals surface area contributed by atoms with Gasteiger partial charge in [-0.2, -0.15) is 0 Å². The maximum absolute atomic E-state index is 13.1. The SMILES string of the molecule is O=C1c2ccccc2[C@@H]2CC(c3ccc(Cl)cc3)=Nc3ccccc3N12. The molecule has 5 rings (SSSR count). The lowest BCUT2D eigenvalue weighted by molar-refractivity contribution is 0.0992. The topological polar surface area (TPSA) is 32.7 Å². The first-order chi connectivity index (χ1) is 12.7. The van der Waals surface area contributed by atoms with Crippen molar-refractivity contribution in [2.45, 2.75) is 12.5 Å². The van der Waals surface area contributed by atoms with Crippen LogP contribution in [0.5, 0.6) is 0 Å². The van der Waals surface area contributed by atoms with Gasteiger partial charge in [0.25, 0.3) is 5.91 Å². The Morgan fingerprint density at radius 3 is 2.50 bits per heavy atom. The van der Waals surface area contributed by atoms with Gasteiger partial charge in [0.15, 0.2) is 0 Å². The summed E-state index contributed by atoms with van der Waals surface area (Å²) < 4.78 is 0. The zero-order chi connectivity index (χ0) is 17.7. The molecule has 1 amide bonds. The molecule has 2 heterocycles. The molecular weight excluding hydrogens is 344 g/mol. The minimum Gasteiger partial charge on any atom is -0.298 e. The molecule has 0 spiro atoms. The number of para-hydroxylation sites is 2. The van der Waals surface area contributed by atoms with E-state index in [0.29, 0.717) is 11.4 Å². The number of rotatable bonds is 1. The fraction of sp³-hybridized carbons (Fsp3) is 0.0909. The van der Waals surface area contributed by atoms with Crippen molar-refractivity contribution in [3.8, 4) is 0 Å². The van der Waals surface area contributed by atoms with E-state index in [1.165, 1.54) is 0 Å². The van der Waals surface area contributed by atoms with Crippen molar-refractivity contribution >= 4 is 34.6 Å². The van der Waals surface area contributed by atoms with Crippen LogP contribution in [0.4, 0.5) is 11.4 Å². The number of fused-ring (bicyclic) bond motifs is 5. The van der Waals surface area contributed by atoms with E-state index in [9.17, 15) is 4.79 Å². The minimum absolute atomic E-state index is 0.0446. The third-order valence-electron chi connectivity index (χ3n) is 5.04. The average Bonchev–Trinajstić information content (AvgIpc) is 2.84. The van der Waals surface area contributed by atoms with Crippen molar-refractivity contribution in [1.29, 1.82) is 0 Å². The summed E-state index contributed by atoms with van der Waals surface area (Å²) in [5.74, 6) is 0.0469. The first kappa shape index (κ1) is 15.4. The van der Waals surface area contributed by atoms with E-state index in [1.807, 2.05) is 77.7 Å². The predicted molar refractivity (Wildman–Crippen MR) is 105 cm³/mol. The summed E-state index contributed by atoms with van der Waals surface area (Å²) >= 11 is 6.05. The second-order valence-corrected chi connectivity index (χ2v) is 6.97. The summed E-state index contributed by atoms with van der Waals surface area (Å²) in [6.07, 6.45) is 0.666. The molecule has 2 aliphatic rings. The monoisotopic (exact) mass is 358 g/mol. The summed E-state index contributed by atoms with van der Waals surface area (Å²) in [5.41, 5.74) is 5.53. The number of hydrogen-bond donors (Lipinski definition) is 0. The van der Waals surface area contributed by atoms with E-state index in [-0.39, 0.29) is 11.9 Å². The van der Waals surface area contributed by atoms with Crippen LogP contribution < -0.4 is 4.90 Å². The van der Waals surface area contributed by atoms with Gasteiger partial charge in [0, 0.05) is 17.0 Å². The number of benzene rings is 3. The zero-order valence-corrected chi connectivity index (χ0v) is 14.6. The highest BCUT2D eigenvalue weighted by Crippen LogP contribution is 2.45. The van der Waals surface area contributed by atoms with Crippen LogP contribution in [0.1, 0.15) is 33.9 Å². The Kier molecular flexibility index (Phi) is 3.44. The number of anilines is 1. The maximum Gasteiger partial charge on any atom is 0.259 e. The van der Waals surface area contributed by atoms with Crippen molar-refractivity contribution in [2.24, 2.45) is 4.99 Å². The number of hydrogen-bond acceptors (Lipinski definition) is 2. The van der Waals surface area contributed by atoms with E-state index >= 15 is 0 Å². The fourth-order valence-electron chi connectivity index (χ4n) is 3.83. The lowest BCUT2D eigenvalue weighted by Gasteiger charge is -2.24. The van der Waals surface area contributed by atoms with Crippen molar-refractivity contribution in [2.75, 3.05) is 4.90 Å². The summed E-state index contributed by atoms with van der Waals surface area (Å²) in [6, 6.07) is 23.4. The van der Waals surface area contributed by atoms with E-state index in [2.05, 4.69) is 0 Å². The van der Waals surface area contributed by atoms with Gasteiger partial charge in [0.2, 0.25) is 0 Å².